The fourth-order valence-corrected chi connectivity index (χ4v) is 1.94. The Bertz CT molecular complexity index is 479. The summed E-state index contributed by atoms with van der Waals surface area (Å²) >= 11 is 3.10. The number of fused-ring (bicyclic) bond motifs is 1. The van der Waals surface area contributed by atoms with Crippen molar-refractivity contribution in [3.8, 4) is 5.75 Å². The Kier molecular flexibility index (Phi) is 3.47. The highest BCUT2D eigenvalue weighted by Gasteiger charge is 2.35. The number of alkyl halides is 3. The van der Waals surface area contributed by atoms with Crippen molar-refractivity contribution in [3.63, 3.8) is 0 Å². The molecular formula is C10H8BrF3N2O2. The molecule has 0 radical (unpaired) electrons. The van der Waals surface area contributed by atoms with E-state index in [4.69, 9.17) is 4.74 Å². The number of ether oxygens (including phenoxy) is 1. The molecule has 18 heavy (non-hydrogen) atoms. The summed E-state index contributed by atoms with van der Waals surface area (Å²) < 4.78 is 42.3. The third kappa shape index (κ3) is 2.92. The van der Waals surface area contributed by atoms with Gasteiger partial charge >= 0.3 is 6.18 Å². The van der Waals surface area contributed by atoms with Gasteiger partial charge in [-0.1, -0.05) is 0 Å². The number of halogens is 4. The maximum Gasteiger partial charge on any atom is 0.397 e. The molecule has 1 aliphatic heterocycles. The predicted molar refractivity (Wildman–Crippen MR) is 60.5 cm³/mol. The Labute approximate surface area is 109 Å². The number of hydrogen-bond donors (Lipinski definition) is 0. The Balaban J connectivity index is 2.27. The molecular weight excluding hydrogens is 317 g/mol. The SMILES string of the molecule is O=C(CC(F)(F)F)N1CCOc2cnc(Br)cc21. The number of aromatic nitrogens is 1. The van der Waals surface area contributed by atoms with E-state index in [-0.39, 0.29) is 13.2 Å². The first-order chi connectivity index (χ1) is 8.37. The van der Waals surface area contributed by atoms with Crippen LogP contribution in [0.4, 0.5) is 18.9 Å². The van der Waals surface area contributed by atoms with E-state index in [0.717, 1.165) is 4.90 Å². The number of hydrogen-bond acceptors (Lipinski definition) is 3. The maximum atomic E-state index is 12.2. The van der Waals surface area contributed by atoms with E-state index in [1.54, 1.807) is 0 Å². The van der Waals surface area contributed by atoms with Crippen LogP contribution in [-0.2, 0) is 4.79 Å². The molecule has 0 saturated heterocycles. The lowest BCUT2D eigenvalue weighted by Gasteiger charge is -2.29. The number of amides is 1. The van der Waals surface area contributed by atoms with Crippen LogP contribution < -0.4 is 9.64 Å². The van der Waals surface area contributed by atoms with Gasteiger partial charge in [-0.05, 0) is 22.0 Å². The molecule has 2 rings (SSSR count). The Hall–Kier alpha value is -1.31. The molecule has 0 unspecified atom stereocenters. The third-order valence-corrected chi connectivity index (χ3v) is 2.76. The summed E-state index contributed by atoms with van der Waals surface area (Å²) in [5, 5.41) is 0. The lowest BCUT2D eigenvalue weighted by Crippen LogP contribution is -2.40. The zero-order valence-electron chi connectivity index (χ0n) is 9.00. The first kappa shape index (κ1) is 13.1. The van der Waals surface area contributed by atoms with Gasteiger partial charge in [-0.15, -0.1) is 0 Å². The zero-order valence-corrected chi connectivity index (χ0v) is 10.6. The number of carbonyl (C=O) groups is 1. The van der Waals surface area contributed by atoms with Crippen molar-refractivity contribution in [2.45, 2.75) is 12.6 Å². The fraction of sp³-hybridized carbons (Fsp3) is 0.400. The summed E-state index contributed by atoms with van der Waals surface area (Å²) in [6, 6.07) is 1.46. The molecule has 0 aliphatic carbocycles. The average molecular weight is 325 g/mol. The second-order valence-electron chi connectivity index (χ2n) is 3.66. The van der Waals surface area contributed by atoms with Gasteiger partial charge in [-0.25, -0.2) is 4.98 Å². The van der Waals surface area contributed by atoms with Gasteiger partial charge in [0.1, 0.15) is 17.6 Å². The molecule has 0 bridgehead atoms. The predicted octanol–water partition coefficient (Wildman–Crippen LogP) is 2.52. The molecule has 98 valence electrons. The smallest absolute Gasteiger partial charge is 0.397 e. The van der Waals surface area contributed by atoms with Crippen LogP contribution >= 0.6 is 15.9 Å². The Morgan fingerprint density at radius 2 is 2.28 bits per heavy atom. The monoisotopic (exact) mass is 324 g/mol. The largest absolute Gasteiger partial charge is 0.488 e. The molecule has 4 nitrogen and oxygen atoms in total. The highest BCUT2D eigenvalue weighted by molar-refractivity contribution is 9.10. The molecule has 2 heterocycles. The van der Waals surface area contributed by atoms with Gasteiger partial charge in [-0.2, -0.15) is 13.2 Å². The van der Waals surface area contributed by atoms with Crippen molar-refractivity contribution < 1.29 is 22.7 Å². The van der Waals surface area contributed by atoms with Crippen molar-refractivity contribution >= 4 is 27.5 Å². The van der Waals surface area contributed by atoms with Gasteiger partial charge in [0.05, 0.1) is 18.4 Å². The minimum absolute atomic E-state index is 0.0956. The second kappa shape index (κ2) is 4.75. The van der Waals surface area contributed by atoms with E-state index in [1.165, 1.54) is 12.3 Å². The third-order valence-electron chi connectivity index (χ3n) is 2.33. The molecule has 0 fully saturated rings. The lowest BCUT2D eigenvalue weighted by atomic mass is 10.2. The molecule has 0 atom stereocenters. The Morgan fingerprint density at radius 3 is 2.94 bits per heavy atom. The summed E-state index contributed by atoms with van der Waals surface area (Å²) in [6.07, 6.45) is -4.63. The van der Waals surface area contributed by atoms with Crippen molar-refractivity contribution in [3.05, 3.63) is 16.9 Å². The molecule has 0 aromatic carbocycles. The summed E-state index contributed by atoms with van der Waals surface area (Å²) in [6.45, 7) is 0.248. The number of nitrogens with zero attached hydrogens (tertiary/aromatic N) is 2. The van der Waals surface area contributed by atoms with E-state index in [1.807, 2.05) is 0 Å². The van der Waals surface area contributed by atoms with Crippen LogP contribution in [0.1, 0.15) is 6.42 Å². The van der Waals surface area contributed by atoms with E-state index in [0.29, 0.717) is 16.0 Å². The van der Waals surface area contributed by atoms with Crippen molar-refractivity contribution in [1.82, 2.24) is 4.98 Å². The van der Waals surface area contributed by atoms with Crippen LogP contribution in [-0.4, -0.2) is 30.2 Å². The van der Waals surface area contributed by atoms with Gasteiger partial charge < -0.3 is 9.64 Å². The summed E-state index contributed by atoms with van der Waals surface area (Å²) in [5.74, 6) is -0.690. The van der Waals surface area contributed by atoms with Crippen LogP contribution in [0.5, 0.6) is 5.75 Å². The Morgan fingerprint density at radius 1 is 1.56 bits per heavy atom. The van der Waals surface area contributed by atoms with Crippen molar-refractivity contribution in [2.24, 2.45) is 0 Å². The van der Waals surface area contributed by atoms with Gasteiger partial charge in [-0.3, -0.25) is 4.79 Å². The van der Waals surface area contributed by atoms with Crippen LogP contribution in [0.3, 0.4) is 0 Å². The topological polar surface area (TPSA) is 42.4 Å². The molecule has 1 aromatic heterocycles. The molecule has 8 heteroatoms. The van der Waals surface area contributed by atoms with E-state index in [2.05, 4.69) is 20.9 Å². The van der Waals surface area contributed by atoms with Crippen LogP contribution in [0.15, 0.2) is 16.9 Å². The van der Waals surface area contributed by atoms with Crippen LogP contribution in [0.2, 0.25) is 0 Å². The highest BCUT2D eigenvalue weighted by atomic mass is 79.9. The minimum atomic E-state index is -4.51. The first-order valence-corrected chi connectivity index (χ1v) is 5.81. The second-order valence-corrected chi connectivity index (χ2v) is 4.47. The van der Waals surface area contributed by atoms with Gasteiger partial charge in [0, 0.05) is 0 Å². The van der Waals surface area contributed by atoms with Gasteiger partial charge in [0.15, 0.2) is 5.75 Å². The van der Waals surface area contributed by atoms with Gasteiger partial charge in [0.25, 0.3) is 0 Å². The number of rotatable bonds is 1. The highest BCUT2D eigenvalue weighted by Crippen LogP contribution is 2.34. The molecule has 1 aliphatic rings. The quantitative estimate of drug-likeness (QED) is 0.745. The maximum absolute atomic E-state index is 12.2. The average Bonchev–Trinajstić information content (AvgIpc) is 2.25. The van der Waals surface area contributed by atoms with Crippen LogP contribution in [0, 0.1) is 0 Å². The summed E-state index contributed by atoms with van der Waals surface area (Å²) in [7, 11) is 0. The van der Waals surface area contributed by atoms with E-state index < -0.39 is 18.5 Å². The molecule has 0 spiro atoms. The van der Waals surface area contributed by atoms with Crippen LogP contribution in [0.25, 0.3) is 0 Å². The van der Waals surface area contributed by atoms with Gasteiger partial charge in [0.2, 0.25) is 5.91 Å². The normalized spacial score (nSPS) is 15.0. The summed E-state index contributed by atoms with van der Waals surface area (Å²) in [5.41, 5.74) is 0.303. The first-order valence-electron chi connectivity index (χ1n) is 5.02. The number of anilines is 1. The zero-order chi connectivity index (χ0) is 13.3. The number of carbonyl (C=O) groups excluding carboxylic acids is 1. The van der Waals surface area contributed by atoms with Crippen molar-refractivity contribution in [2.75, 3.05) is 18.1 Å². The molecule has 1 aromatic rings. The summed E-state index contributed by atoms with van der Waals surface area (Å²) in [4.78, 5) is 16.6. The lowest BCUT2D eigenvalue weighted by molar-refractivity contribution is -0.152. The van der Waals surface area contributed by atoms with Crippen molar-refractivity contribution in [1.29, 1.82) is 0 Å². The number of pyridine rings is 1. The standard InChI is InChI=1S/C10H8BrF3N2O2/c11-8-3-6-7(5-15-8)18-2-1-16(6)9(17)4-10(12,13)14/h3,5H,1-2,4H2. The van der Waals surface area contributed by atoms with E-state index in [9.17, 15) is 18.0 Å². The molecule has 1 amide bonds. The molecule has 0 saturated carbocycles. The molecule has 0 N–H and O–H groups in total. The fourth-order valence-electron chi connectivity index (χ4n) is 1.62. The minimum Gasteiger partial charge on any atom is -0.488 e. The van der Waals surface area contributed by atoms with E-state index >= 15 is 0 Å².